The number of sulfonamides is 1. The number of amides is 2. The number of benzene rings is 2. The van der Waals surface area contributed by atoms with Crippen LogP contribution in [-0.2, 0) is 26.0 Å². The quantitative estimate of drug-likeness (QED) is 0.584. The number of anilines is 1. The van der Waals surface area contributed by atoms with Gasteiger partial charge in [0.25, 0.3) is 10.0 Å². The number of likely N-dealkylation sites (tertiary alicyclic amines) is 1. The Morgan fingerprint density at radius 3 is 2.60 bits per heavy atom. The molecule has 1 fully saturated rings. The van der Waals surface area contributed by atoms with Crippen molar-refractivity contribution in [2.24, 2.45) is 11.7 Å². The number of carbonyl (C=O) groups excluding carboxylic acids is 2. The predicted octanol–water partition coefficient (Wildman–Crippen LogP) is 2.19. The number of ether oxygens (including phenoxy) is 2. The molecule has 2 aromatic rings. The van der Waals surface area contributed by atoms with E-state index in [1.165, 1.54) is 36.7 Å². The van der Waals surface area contributed by atoms with Gasteiger partial charge in [0.05, 0.1) is 25.8 Å². The fraction of sp³-hybridized carbons (Fsp3) is 0.360. The van der Waals surface area contributed by atoms with Gasteiger partial charge in [-0.05, 0) is 54.7 Å². The van der Waals surface area contributed by atoms with E-state index in [0.29, 0.717) is 43.6 Å². The van der Waals surface area contributed by atoms with Crippen molar-refractivity contribution < 1.29 is 27.5 Å². The van der Waals surface area contributed by atoms with Crippen LogP contribution in [0.15, 0.2) is 47.4 Å². The van der Waals surface area contributed by atoms with Gasteiger partial charge in [-0.2, -0.15) is 0 Å². The Morgan fingerprint density at radius 1 is 1.11 bits per heavy atom. The predicted molar refractivity (Wildman–Crippen MR) is 132 cm³/mol. The summed E-state index contributed by atoms with van der Waals surface area (Å²) < 4.78 is 39.7. The molecule has 0 spiro atoms. The van der Waals surface area contributed by atoms with E-state index in [4.69, 9.17) is 15.2 Å². The Balaban J connectivity index is 1.67. The molecule has 1 saturated heterocycles. The maximum Gasteiger partial charge on any atom is 0.268 e. The van der Waals surface area contributed by atoms with Crippen LogP contribution in [0.3, 0.4) is 0 Å². The molecule has 2 aliphatic rings. The maximum absolute atomic E-state index is 13.7. The number of carbonyl (C=O) groups is 2. The van der Waals surface area contributed by atoms with Crippen molar-refractivity contribution in [1.82, 2.24) is 4.90 Å². The Morgan fingerprint density at radius 2 is 1.89 bits per heavy atom. The Hall–Kier alpha value is -3.53. The normalized spacial score (nSPS) is 17.9. The van der Waals surface area contributed by atoms with Crippen LogP contribution in [0.4, 0.5) is 5.69 Å². The van der Waals surface area contributed by atoms with Crippen LogP contribution in [0.25, 0.3) is 6.08 Å². The molecule has 2 amide bonds. The smallest absolute Gasteiger partial charge is 0.268 e. The molecule has 0 radical (unpaired) electrons. The second-order valence-electron chi connectivity index (χ2n) is 8.57. The average molecular weight is 500 g/mol. The van der Waals surface area contributed by atoms with E-state index in [-0.39, 0.29) is 34.8 Å². The van der Waals surface area contributed by atoms with Gasteiger partial charge in [-0.15, -0.1) is 0 Å². The molecular formula is C25H29N3O6S. The van der Waals surface area contributed by atoms with Crippen molar-refractivity contribution in [3.63, 3.8) is 0 Å². The van der Waals surface area contributed by atoms with Gasteiger partial charge < -0.3 is 20.1 Å². The van der Waals surface area contributed by atoms with Crippen LogP contribution in [0.5, 0.6) is 11.5 Å². The summed E-state index contributed by atoms with van der Waals surface area (Å²) >= 11 is 0. The van der Waals surface area contributed by atoms with E-state index >= 15 is 0 Å². The first kappa shape index (κ1) is 24.6. The fourth-order valence-corrected chi connectivity index (χ4v) is 6.31. The minimum atomic E-state index is -3.98. The van der Waals surface area contributed by atoms with Crippen molar-refractivity contribution in [3.05, 3.63) is 53.6 Å². The highest BCUT2D eigenvalue weighted by Gasteiger charge is 2.34. The number of nitrogens with two attached hydrogens (primary N) is 1. The van der Waals surface area contributed by atoms with Gasteiger partial charge >= 0.3 is 0 Å². The molecule has 0 saturated carbocycles. The third-order valence-corrected chi connectivity index (χ3v) is 8.25. The van der Waals surface area contributed by atoms with Crippen molar-refractivity contribution in [1.29, 1.82) is 0 Å². The largest absolute Gasteiger partial charge is 0.493 e. The number of rotatable bonds is 7. The summed E-state index contributed by atoms with van der Waals surface area (Å²) in [7, 11) is -1.16. The third kappa shape index (κ3) is 4.84. The monoisotopic (exact) mass is 499 g/mol. The first-order valence-corrected chi connectivity index (χ1v) is 12.8. The van der Waals surface area contributed by atoms with Crippen LogP contribution in [0.1, 0.15) is 24.0 Å². The highest BCUT2D eigenvalue weighted by Crippen LogP contribution is 2.40. The zero-order valence-corrected chi connectivity index (χ0v) is 20.6. The van der Waals surface area contributed by atoms with E-state index in [1.54, 1.807) is 23.1 Å². The first-order valence-electron chi connectivity index (χ1n) is 11.4. The van der Waals surface area contributed by atoms with Gasteiger partial charge in [-0.1, -0.05) is 18.2 Å². The third-order valence-electron chi connectivity index (χ3n) is 6.43. The second-order valence-corrected chi connectivity index (χ2v) is 10.4. The summed E-state index contributed by atoms with van der Waals surface area (Å²) in [5, 5.41) is 0. The zero-order chi connectivity index (χ0) is 25.2. The SMILES string of the molecule is COc1cc(/C=C/C(=O)N2CCC[C@H](C(N)=O)C2)cc(S(=O)(=O)N2CCc3ccccc32)c1OC. The highest BCUT2D eigenvalue weighted by atomic mass is 32.2. The topological polar surface area (TPSA) is 119 Å². The lowest BCUT2D eigenvalue weighted by Crippen LogP contribution is -2.43. The first-order chi connectivity index (χ1) is 16.8. The molecule has 1 atom stereocenters. The number of para-hydroxylation sites is 1. The van der Waals surface area contributed by atoms with E-state index in [2.05, 4.69) is 0 Å². The van der Waals surface area contributed by atoms with Crippen molar-refractivity contribution in [3.8, 4) is 11.5 Å². The van der Waals surface area contributed by atoms with Crippen molar-refractivity contribution in [2.45, 2.75) is 24.2 Å². The van der Waals surface area contributed by atoms with Gasteiger partial charge in [0.15, 0.2) is 11.5 Å². The van der Waals surface area contributed by atoms with Gasteiger partial charge in [0.2, 0.25) is 11.8 Å². The molecule has 0 aliphatic carbocycles. The number of hydrogen-bond donors (Lipinski definition) is 1. The molecule has 0 unspecified atom stereocenters. The lowest BCUT2D eigenvalue weighted by molar-refractivity contribution is -0.130. The van der Waals surface area contributed by atoms with E-state index in [0.717, 1.165) is 5.56 Å². The van der Waals surface area contributed by atoms with E-state index in [1.807, 2.05) is 12.1 Å². The summed E-state index contributed by atoms with van der Waals surface area (Å²) in [5.41, 5.74) is 7.47. The summed E-state index contributed by atoms with van der Waals surface area (Å²) in [6.07, 6.45) is 4.88. The summed E-state index contributed by atoms with van der Waals surface area (Å²) in [5.74, 6) is -0.712. The van der Waals surface area contributed by atoms with Crippen LogP contribution in [-0.4, -0.2) is 59.0 Å². The molecule has 2 heterocycles. The maximum atomic E-state index is 13.7. The Bertz CT molecular complexity index is 1270. The molecule has 35 heavy (non-hydrogen) atoms. The summed E-state index contributed by atoms with van der Waals surface area (Å²) in [4.78, 5) is 25.8. The van der Waals surface area contributed by atoms with E-state index < -0.39 is 15.9 Å². The second kappa shape index (κ2) is 9.99. The van der Waals surface area contributed by atoms with Gasteiger partial charge in [0, 0.05) is 25.7 Å². The number of hydrogen-bond acceptors (Lipinski definition) is 6. The number of piperidine rings is 1. The minimum Gasteiger partial charge on any atom is -0.493 e. The lowest BCUT2D eigenvalue weighted by Gasteiger charge is -2.30. The number of nitrogens with zero attached hydrogens (tertiary/aromatic N) is 2. The van der Waals surface area contributed by atoms with Crippen LogP contribution >= 0.6 is 0 Å². The average Bonchev–Trinajstić information content (AvgIpc) is 3.31. The summed E-state index contributed by atoms with van der Waals surface area (Å²) in [6.45, 7) is 1.13. The number of fused-ring (bicyclic) bond motifs is 1. The van der Waals surface area contributed by atoms with E-state index in [9.17, 15) is 18.0 Å². The molecule has 0 bridgehead atoms. The lowest BCUT2D eigenvalue weighted by atomic mass is 9.97. The van der Waals surface area contributed by atoms with Crippen LogP contribution in [0.2, 0.25) is 0 Å². The highest BCUT2D eigenvalue weighted by molar-refractivity contribution is 7.93. The molecule has 10 heteroatoms. The van der Waals surface area contributed by atoms with Gasteiger partial charge in [0.1, 0.15) is 4.90 Å². The van der Waals surface area contributed by atoms with Gasteiger partial charge in [-0.3, -0.25) is 13.9 Å². The Labute approximate surface area is 205 Å². The van der Waals surface area contributed by atoms with Gasteiger partial charge in [-0.25, -0.2) is 8.42 Å². The van der Waals surface area contributed by atoms with Crippen molar-refractivity contribution >= 4 is 33.6 Å². The number of methoxy groups -OCH3 is 2. The fourth-order valence-electron chi connectivity index (χ4n) is 4.60. The Kier molecular flexibility index (Phi) is 7.02. The molecule has 0 aromatic heterocycles. The molecule has 2 aliphatic heterocycles. The zero-order valence-electron chi connectivity index (χ0n) is 19.8. The standard InChI is InChI=1S/C25H29N3O6S/c1-33-21-14-17(9-10-23(29)27-12-5-7-19(16-27)25(26)30)15-22(24(21)34-2)35(31,32)28-13-11-18-6-3-4-8-20(18)28/h3-4,6,8-10,14-15,19H,5,7,11-13,16H2,1-2H3,(H2,26,30)/b10-9+/t19-/m0/s1. The molecule has 9 nitrogen and oxygen atoms in total. The molecule has 4 rings (SSSR count). The molecule has 2 N–H and O–H groups in total. The van der Waals surface area contributed by atoms with Crippen LogP contribution < -0.4 is 19.5 Å². The molecule has 186 valence electrons. The van der Waals surface area contributed by atoms with Crippen molar-refractivity contribution in [2.75, 3.05) is 38.2 Å². The molecule has 2 aromatic carbocycles. The molecular weight excluding hydrogens is 470 g/mol. The number of primary amides is 1. The van der Waals surface area contributed by atoms with Crippen LogP contribution in [0, 0.1) is 5.92 Å². The summed E-state index contributed by atoms with van der Waals surface area (Å²) in [6, 6.07) is 10.5. The minimum absolute atomic E-state index is 0.0464.